The van der Waals surface area contributed by atoms with Gasteiger partial charge in [-0.2, -0.15) is 0 Å². The fourth-order valence-corrected chi connectivity index (χ4v) is 12.7. The number of nitrogens with zero attached hydrogens (tertiary/aromatic N) is 11. The lowest BCUT2D eigenvalue weighted by molar-refractivity contribution is 0.0932. The van der Waals surface area contributed by atoms with Crippen molar-refractivity contribution in [2.45, 2.75) is 13.5 Å². The minimum absolute atomic E-state index is 0.133. The zero-order valence-electron chi connectivity index (χ0n) is 70.6. The number of nitrogens with one attached hydrogen (secondary N) is 12. The molecule has 0 aromatic heterocycles. The first-order valence-corrected chi connectivity index (χ1v) is 41.8. The maximum atomic E-state index is 13.3. The van der Waals surface area contributed by atoms with Gasteiger partial charge in [-0.05, 0) is 148 Å². The topological polar surface area (TPSA) is 328 Å². The molecule has 12 N–H and O–H groups in total. The maximum Gasteiger partial charge on any atom is 0.251 e. The summed E-state index contributed by atoms with van der Waals surface area (Å²) in [6.07, 6.45) is 9.21. The SMILES string of the molecule is CCN1CC/N=C/c2ccc(cc2)C(=O)NCCN(CCNC)CCNC(=O)c2ccc(cc2)/C=N/CCN(CCNC)CC/N=C/c2ccc(cc2)C(=O)NCCN(CCNC)CCNC(=O)c2ccc(cc2)/C=N/CCN(CCNC)CC/N=C/c2ccc(cc2)C(=O)NCCN(CCNC)CCNC(=O)c2ccc(cc2)CNCC1. The van der Waals surface area contributed by atoms with Gasteiger partial charge in [0.25, 0.3) is 35.4 Å². The lowest BCUT2D eigenvalue weighted by Gasteiger charge is -2.22. The van der Waals surface area contributed by atoms with Crippen LogP contribution in [-0.2, 0) is 6.54 Å². The van der Waals surface area contributed by atoms with Crippen molar-refractivity contribution in [2.24, 2.45) is 25.0 Å². The molecule has 6 amide bonds. The van der Waals surface area contributed by atoms with Crippen LogP contribution in [-0.4, -0.2) is 360 Å². The second-order valence-corrected chi connectivity index (χ2v) is 28.9. The van der Waals surface area contributed by atoms with E-state index in [0.29, 0.717) is 151 Å². The molecule has 29 heteroatoms. The van der Waals surface area contributed by atoms with E-state index in [1.807, 2.05) is 212 Å². The molecule has 0 aliphatic carbocycles. The highest BCUT2D eigenvalue weighted by atomic mass is 16.2. The third-order valence-electron chi connectivity index (χ3n) is 20.1. The number of hydrogen-bond donors (Lipinski definition) is 12. The molecule has 12 bridgehead atoms. The Balaban J connectivity index is 0.898. The van der Waals surface area contributed by atoms with Crippen LogP contribution in [0.5, 0.6) is 0 Å². The van der Waals surface area contributed by atoms with Crippen molar-refractivity contribution in [3.8, 4) is 0 Å². The van der Waals surface area contributed by atoms with Gasteiger partial charge in [-0.15, -0.1) is 0 Å². The van der Waals surface area contributed by atoms with Crippen LogP contribution in [0.25, 0.3) is 0 Å². The van der Waals surface area contributed by atoms with E-state index >= 15 is 0 Å². The third-order valence-corrected chi connectivity index (χ3v) is 20.1. The van der Waals surface area contributed by atoms with Crippen molar-refractivity contribution in [1.29, 1.82) is 0 Å². The predicted molar refractivity (Wildman–Crippen MR) is 481 cm³/mol. The molecule has 0 spiro atoms. The number of rotatable bonds is 16. The fourth-order valence-electron chi connectivity index (χ4n) is 12.7. The Morgan fingerprint density at radius 1 is 0.263 bits per heavy atom. The molecule has 6 aromatic carbocycles. The summed E-state index contributed by atoms with van der Waals surface area (Å²) < 4.78 is 0. The smallest absolute Gasteiger partial charge is 0.251 e. The Morgan fingerprint density at radius 3 is 0.669 bits per heavy atom. The first-order valence-electron chi connectivity index (χ1n) is 41.8. The molecule has 0 fully saturated rings. The molecule has 0 atom stereocenters. The number of aliphatic imine (C=N–C) groups is 5. The standard InChI is InChI=1S/C89H131N23O6/c1-7-107-54-37-95-66-72-8-20-78(21-9-72)84(113)101-43-60-110(51-34-92-4)62-45-103-86(115)80-24-12-74(13-25-80)68-97-39-56-108(49-32-90-2)58-41-99-70-76-16-28-82(29-17-76)88(117)105-47-64-112(53-36-94-6)65-48-106-89(118)83-30-18-77(19-31-83)71-100-42-59-109(50-33-91-3)57-40-98-69-75-14-26-81(27-15-75)87(116)104-46-63-111(52-35-93-5)61-44-102-85(114)79-22-10-73(11-23-79)67-96-38-55-107/h8-31,66,68-71,90-94,96H,7,32-65,67H2,1-6H3,(H,101,113)(H,102,114)(H,103,115)(H,104,116)(H,105,117)(H,106,118)/b95-66+,97-68+,98-69+,99-70+,100-71+. The molecular weight excluding hydrogens is 1490 g/mol. The van der Waals surface area contributed by atoms with Crippen molar-refractivity contribution < 1.29 is 28.8 Å². The second-order valence-electron chi connectivity index (χ2n) is 28.9. The van der Waals surface area contributed by atoms with Crippen LogP contribution in [0.2, 0.25) is 0 Å². The summed E-state index contributed by atoms with van der Waals surface area (Å²) in [6, 6.07) is 44.9. The van der Waals surface area contributed by atoms with Crippen LogP contribution in [0.15, 0.2) is 171 Å². The first-order chi connectivity index (χ1) is 57.8. The van der Waals surface area contributed by atoms with Crippen molar-refractivity contribution in [1.82, 2.24) is 93.2 Å². The van der Waals surface area contributed by atoms with Gasteiger partial charge in [-0.3, -0.25) is 78.2 Å². The summed E-state index contributed by atoms with van der Waals surface area (Å²) in [6.45, 7) is 26.4. The van der Waals surface area contributed by atoms with Gasteiger partial charge in [-0.1, -0.05) is 79.7 Å². The maximum absolute atomic E-state index is 13.3. The Bertz CT molecular complexity index is 3990. The number of hydrogen-bond acceptors (Lipinski definition) is 23. The molecule has 10 aliphatic rings. The van der Waals surface area contributed by atoms with Gasteiger partial charge in [0.1, 0.15) is 0 Å². The highest BCUT2D eigenvalue weighted by molar-refractivity contribution is 5.98. The molecule has 10 heterocycles. The summed E-state index contributed by atoms with van der Waals surface area (Å²) in [7, 11) is 9.60. The number of benzene rings is 6. The molecule has 0 saturated carbocycles. The van der Waals surface area contributed by atoms with Crippen LogP contribution in [0, 0.1) is 0 Å². The third kappa shape index (κ3) is 38.6. The van der Waals surface area contributed by atoms with E-state index in [-0.39, 0.29) is 35.4 Å². The number of amides is 6. The van der Waals surface area contributed by atoms with E-state index in [1.165, 1.54) is 0 Å². The van der Waals surface area contributed by atoms with Crippen LogP contribution >= 0.6 is 0 Å². The van der Waals surface area contributed by atoms with E-state index in [1.54, 1.807) is 0 Å². The summed E-state index contributed by atoms with van der Waals surface area (Å²) >= 11 is 0. The normalized spacial score (nSPS) is 18.7. The van der Waals surface area contributed by atoms with Gasteiger partial charge in [-0.25, -0.2) is 0 Å². The van der Waals surface area contributed by atoms with E-state index < -0.39 is 0 Å². The predicted octanol–water partition coefficient (Wildman–Crippen LogP) is 2.69. The molecule has 638 valence electrons. The second kappa shape index (κ2) is 58.0. The first kappa shape index (κ1) is 95.2. The van der Waals surface area contributed by atoms with Crippen molar-refractivity contribution in [3.05, 3.63) is 212 Å². The van der Waals surface area contributed by atoms with Gasteiger partial charge >= 0.3 is 0 Å². The van der Waals surface area contributed by atoms with Gasteiger partial charge in [0.05, 0.1) is 32.7 Å². The Kier molecular flexibility index (Phi) is 46.8. The van der Waals surface area contributed by atoms with Crippen LogP contribution in [0.1, 0.15) is 102 Å². The minimum atomic E-state index is -0.159. The number of carbonyl (C=O) groups is 6. The Hall–Kier alpha value is -9.99. The minimum Gasteiger partial charge on any atom is -0.351 e. The average molecular weight is 1620 g/mol. The molecule has 16 rings (SSSR count). The van der Waals surface area contributed by atoms with Crippen molar-refractivity contribution in [2.75, 3.05) is 264 Å². The molecule has 0 saturated heterocycles. The highest BCUT2D eigenvalue weighted by Crippen LogP contribution is 2.11. The zero-order chi connectivity index (χ0) is 83.8. The molecule has 29 nitrogen and oxygen atoms in total. The molecule has 118 heavy (non-hydrogen) atoms. The molecular formula is C89H131N23O6. The van der Waals surface area contributed by atoms with E-state index in [4.69, 9.17) is 25.0 Å². The molecule has 0 unspecified atom stereocenters. The average Bonchev–Trinajstić information content (AvgIpc) is 0.910. The largest absolute Gasteiger partial charge is 0.351 e. The highest BCUT2D eigenvalue weighted by Gasteiger charge is 2.16. The van der Waals surface area contributed by atoms with Gasteiger partial charge < -0.3 is 68.7 Å². The summed E-state index contributed by atoms with van der Waals surface area (Å²) in [4.78, 5) is 117. The quantitative estimate of drug-likeness (QED) is 0.0663. The van der Waals surface area contributed by atoms with Crippen LogP contribution in [0.3, 0.4) is 0 Å². The number of carbonyl (C=O) groups excluding carboxylic acids is 6. The lowest BCUT2D eigenvalue weighted by Crippen LogP contribution is -2.42. The molecule has 0 radical (unpaired) electrons. The van der Waals surface area contributed by atoms with Gasteiger partial charge in [0.2, 0.25) is 0 Å². The van der Waals surface area contributed by atoms with Crippen LogP contribution < -0.4 is 63.8 Å². The van der Waals surface area contributed by atoms with E-state index in [9.17, 15) is 28.8 Å². The van der Waals surface area contributed by atoms with Gasteiger partial charge in [0, 0.05) is 261 Å². The van der Waals surface area contributed by atoms with Crippen molar-refractivity contribution in [3.63, 3.8) is 0 Å². The molecule has 10 aliphatic heterocycles. The monoisotopic (exact) mass is 1620 g/mol. The summed E-state index contributed by atoms with van der Waals surface area (Å²) in [5.74, 6) is -0.915. The fraction of sp³-hybridized carbons (Fsp3) is 0.472. The number of likely N-dealkylation sites (N-methyl/N-ethyl adjacent to an activating group) is 6. The Morgan fingerprint density at radius 2 is 0.458 bits per heavy atom. The Labute approximate surface area is 700 Å². The summed E-state index contributed by atoms with van der Waals surface area (Å²) in [5, 5.41) is 38.0. The van der Waals surface area contributed by atoms with Crippen LogP contribution in [0.4, 0.5) is 0 Å². The summed E-state index contributed by atoms with van der Waals surface area (Å²) in [5.41, 5.74) is 9.04. The van der Waals surface area contributed by atoms with E-state index in [2.05, 4.69) is 100 Å². The van der Waals surface area contributed by atoms with Crippen molar-refractivity contribution >= 4 is 66.5 Å². The lowest BCUT2D eigenvalue weighted by atomic mass is 10.1. The van der Waals surface area contributed by atoms with Gasteiger partial charge in [0.15, 0.2) is 0 Å². The zero-order valence-corrected chi connectivity index (χ0v) is 70.6. The van der Waals surface area contributed by atoms with E-state index in [0.717, 1.165) is 151 Å². The molecule has 6 aromatic rings.